The molecular formula is C24H35F3N6O6. The molecule has 15 heteroatoms. The van der Waals surface area contributed by atoms with E-state index in [4.69, 9.17) is 0 Å². The normalized spacial score (nSPS) is 25.3. The van der Waals surface area contributed by atoms with Gasteiger partial charge in [-0.25, -0.2) is 4.79 Å². The quantitative estimate of drug-likeness (QED) is 0.290. The molecule has 1 saturated carbocycles. The zero-order chi connectivity index (χ0) is 29.7. The number of hydrogen-bond acceptors (Lipinski definition) is 6. The predicted molar refractivity (Wildman–Crippen MR) is 130 cm³/mol. The first-order chi connectivity index (χ1) is 17.8. The summed E-state index contributed by atoms with van der Waals surface area (Å²) in [4.78, 5) is 78.4. The Balaban J connectivity index is 1.89. The number of likely N-dealkylation sites (tertiary alicyclic amines) is 1. The van der Waals surface area contributed by atoms with Crippen LogP contribution in [0.4, 0.5) is 18.0 Å². The fourth-order valence-corrected chi connectivity index (χ4v) is 5.48. The van der Waals surface area contributed by atoms with Crippen molar-refractivity contribution in [2.75, 3.05) is 33.2 Å². The van der Waals surface area contributed by atoms with E-state index in [-0.39, 0.29) is 36.9 Å². The smallest absolute Gasteiger partial charge is 0.353 e. The Hall–Kier alpha value is -3.39. The summed E-state index contributed by atoms with van der Waals surface area (Å²) in [6.45, 7) is 8.56. The molecule has 0 radical (unpaired) electrons. The topological polar surface area (TPSA) is 157 Å². The molecule has 0 bridgehead atoms. The van der Waals surface area contributed by atoms with Crippen molar-refractivity contribution in [3.63, 3.8) is 0 Å². The molecule has 39 heavy (non-hydrogen) atoms. The van der Waals surface area contributed by atoms with Crippen molar-refractivity contribution in [1.29, 1.82) is 0 Å². The highest BCUT2D eigenvalue weighted by atomic mass is 19.4. The number of halogens is 3. The first kappa shape index (κ1) is 30.2. The van der Waals surface area contributed by atoms with Crippen LogP contribution in [0.5, 0.6) is 0 Å². The highest BCUT2D eigenvalue weighted by molar-refractivity contribution is 6.38. The van der Waals surface area contributed by atoms with E-state index >= 15 is 0 Å². The van der Waals surface area contributed by atoms with E-state index in [0.29, 0.717) is 6.54 Å². The number of hydrogen-bond donors (Lipinski definition) is 4. The number of urea groups is 1. The van der Waals surface area contributed by atoms with E-state index in [1.165, 1.54) is 32.7 Å². The maximum Gasteiger partial charge on any atom is 0.471 e. The number of carbonyl (C=O) groups excluding carboxylic acids is 6. The van der Waals surface area contributed by atoms with Crippen LogP contribution >= 0.6 is 0 Å². The summed E-state index contributed by atoms with van der Waals surface area (Å²) >= 11 is 0. The number of carbonyl (C=O) groups is 6. The van der Waals surface area contributed by atoms with Gasteiger partial charge in [0.1, 0.15) is 18.1 Å². The monoisotopic (exact) mass is 560 g/mol. The summed E-state index contributed by atoms with van der Waals surface area (Å²) in [6, 6.07) is -4.67. The lowest BCUT2D eigenvalue weighted by Crippen LogP contribution is -2.62. The minimum absolute atomic E-state index is 0.0612. The molecule has 0 aromatic carbocycles. The first-order valence-corrected chi connectivity index (χ1v) is 12.6. The number of amides is 6. The fraction of sp³-hybridized carbons (Fsp3) is 0.750. The number of fused-ring (bicyclic) bond motifs is 1. The SMILES string of the molecule is CNC(=O)C(=O)C(CN1CCNC1=O)NC(=O)[C@@H]1[C@@H]2[C@H](CN1C(=O)C(NC(=O)C(F)(F)F)C(C)(C)C)C2(C)C. The highest BCUT2D eigenvalue weighted by Crippen LogP contribution is 2.65. The number of piperidine rings is 1. The van der Waals surface area contributed by atoms with Crippen molar-refractivity contribution in [3.05, 3.63) is 0 Å². The fourth-order valence-electron chi connectivity index (χ4n) is 5.48. The molecule has 3 rings (SSSR count). The maximum atomic E-state index is 13.6. The first-order valence-electron chi connectivity index (χ1n) is 12.6. The molecule has 4 N–H and O–H groups in total. The van der Waals surface area contributed by atoms with Gasteiger partial charge in [-0.3, -0.25) is 24.0 Å². The van der Waals surface area contributed by atoms with Crippen LogP contribution in [0.25, 0.3) is 0 Å². The lowest BCUT2D eigenvalue weighted by atomic mass is 9.85. The Kier molecular flexibility index (Phi) is 7.96. The van der Waals surface area contributed by atoms with Crippen molar-refractivity contribution >= 4 is 35.4 Å². The van der Waals surface area contributed by atoms with Crippen LogP contribution in [0.2, 0.25) is 0 Å². The van der Waals surface area contributed by atoms with Gasteiger partial charge in [-0.2, -0.15) is 13.2 Å². The number of nitrogens with zero attached hydrogens (tertiary/aromatic N) is 2. The number of rotatable bonds is 8. The summed E-state index contributed by atoms with van der Waals surface area (Å²) in [5.41, 5.74) is -1.51. The van der Waals surface area contributed by atoms with Crippen LogP contribution in [-0.4, -0.2) is 103 Å². The molecule has 2 aliphatic heterocycles. The molecule has 3 fully saturated rings. The van der Waals surface area contributed by atoms with E-state index < -0.39 is 65.2 Å². The van der Waals surface area contributed by atoms with Crippen molar-refractivity contribution in [1.82, 2.24) is 31.1 Å². The highest BCUT2D eigenvalue weighted by Gasteiger charge is 2.70. The second kappa shape index (κ2) is 10.3. The van der Waals surface area contributed by atoms with Gasteiger partial charge in [0.15, 0.2) is 0 Å². The molecule has 2 saturated heterocycles. The van der Waals surface area contributed by atoms with Crippen molar-refractivity contribution < 1.29 is 41.9 Å². The van der Waals surface area contributed by atoms with Gasteiger partial charge in [-0.15, -0.1) is 0 Å². The number of Topliss-reactive ketones (excluding diaryl/α,β-unsaturated/α-hetero) is 1. The van der Waals surface area contributed by atoms with Crippen LogP contribution in [0.1, 0.15) is 34.6 Å². The average Bonchev–Trinajstić information content (AvgIpc) is 3.18. The molecule has 218 valence electrons. The van der Waals surface area contributed by atoms with Crippen LogP contribution < -0.4 is 21.3 Å². The van der Waals surface area contributed by atoms with E-state index in [0.717, 1.165) is 4.90 Å². The Morgan fingerprint density at radius 1 is 1.10 bits per heavy atom. The van der Waals surface area contributed by atoms with E-state index in [1.54, 1.807) is 5.32 Å². The maximum absolute atomic E-state index is 13.6. The predicted octanol–water partition coefficient (Wildman–Crippen LogP) is -0.612. The van der Waals surface area contributed by atoms with Gasteiger partial charge in [0, 0.05) is 26.7 Å². The van der Waals surface area contributed by atoms with Crippen molar-refractivity contribution in [2.45, 2.75) is 58.9 Å². The molecular weight excluding hydrogens is 525 g/mol. The largest absolute Gasteiger partial charge is 0.471 e. The van der Waals surface area contributed by atoms with Crippen molar-refractivity contribution in [2.24, 2.45) is 22.7 Å². The second-order valence-corrected chi connectivity index (χ2v) is 11.8. The lowest BCUT2D eigenvalue weighted by molar-refractivity contribution is -0.176. The number of ketones is 1. The van der Waals surface area contributed by atoms with Crippen molar-refractivity contribution in [3.8, 4) is 0 Å². The molecule has 0 spiro atoms. The molecule has 6 amide bonds. The zero-order valence-electron chi connectivity index (χ0n) is 22.7. The molecule has 2 unspecified atom stereocenters. The number of nitrogens with one attached hydrogen (secondary N) is 4. The summed E-state index contributed by atoms with van der Waals surface area (Å²) in [6.07, 6.45) is -5.22. The van der Waals surface area contributed by atoms with Crippen LogP contribution in [0, 0.1) is 22.7 Å². The van der Waals surface area contributed by atoms with Gasteiger partial charge < -0.3 is 31.1 Å². The third-order valence-corrected chi connectivity index (χ3v) is 7.84. The molecule has 1 aliphatic carbocycles. The molecule has 0 aromatic heterocycles. The Morgan fingerprint density at radius 3 is 2.21 bits per heavy atom. The summed E-state index contributed by atoms with van der Waals surface area (Å²) in [7, 11) is 1.23. The minimum Gasteiger partial charge on any atom is -0.353 e. The zero-order valence-corrected chi connectivity index (χ0v) is 22.7. The van der Waals surface area contributed by atoms with E-state index in [1.807, 2.05) is 13.8 Å². The van der Waals surface area contributed by atoms with Gasteiger partial charge in [0.25, 0.3) is 5.91 Å². The van der Waals surface area contributed by atoms with Gasteiger partial charge in [-0.1, -0.05) is 34.6 Å². The van der Waals surface area contributed by atoms with E-state index in [2.05, 4.69) is 16.0 Å². The molecule has 5 atom stereocenters. The van der Waals surface area contributed by atoms with Crippen LogP contribution in [-0.2, 0) is 24.0 Å². The minimum atomic E-state index is -5.22. The third kappa shape index (κ3) is 5.96. The summed E-state index contributed by atoms with van der Waals surface area (Å²) in [5.74, 6) is -6.43. The van der Waals surface area contributed by atoms with Gasteiger partial charge in [0.05, 0.1) is 6.54 Å². The van der Waals surface area contributed by atoms with Gasteiger partial charge >= 0.3 is 18.1 Å². The molecule has 12 nitrogen and oxygen atoms in total. The Morgan fingerprint density at radius 2 is 1.72 bits per heavy atom. The lowest BCUT2D eigenvalue weighted by Gasteiger charge is -2.38. The number of likely N-dealkylation sites (N-methyl/N-ethyl adjacent to an activating group) is 1. The number of alkyl halides is 3. The molecule has 3 aliphatic rings. The Bertz CT molecular complexity index is 1070. The van der Waals surface area contributed by atoms with E-state index in [9.17, 15) is 41.9 Å². The molecule has 0 aromatic rings. The third-order valence-electron chi connectivity index (χ3n) is 7.84. The second-order valence-electron chi connectivity index (χ2n) is 11.8. The Labute approximate surface area is 223 Å². The molecule has 2 heterocycles. The van der Waals surface area contributed by atoms with Crippen LogP contribution in [0.3, 0.4) is 0 Å². The summed E-state index contributed by atoms with van der Waals surface area (Å²) < 4.78 is 39.1. The van der Waals surface area contributed by atoms with Crippen LogP contribution in [0.15, 0.2) is 0 Å². The average molecular weight is 561 g/mol. The standard InChI is InChI=1S/C24H35F3N6O6/c1-22(2,3)16(31-20(38)24(25,26)27)19(37)33-9-11-13(23(11,4)5)14(33)17(35)30-12(15(34)18(36)28-6)10-32-8-7-29-21(32)39/h11-14,16H,7-10H2,1-6H3,(H,28,36)(H,29,39)(H,30,35)(H,31,38)/t11-,12?,13-,14-,16?/m0/s1. The van der Waals surface area contributed by atoms with Gasteiger partial charge in [-0.05, 0) is 22.7 Å². The summed E-state index contributed by atoms with van der Waals surface area (Å²) in [5, 5.41) is 9.03. The van der Waals surface area contributed by atoms with Gasteiger partial charge in [0.2, 0.25) is 17.6 Å².